The Labute approximate surface area is 126 Å². The highest BCUT2D eigenvalue weighted by Gasteiger charge is 2.33. The number of aliphatic hydroxyl groups is 1. The SMILES string of the molecule is CC1(C)CN(Cc2cccc3c2CCOC3)CC(CO)O1. The molecule has 1 fully saturated rings. The summed E-state index contributed by atoms with van der Waals surface area (Å²) >= 11 is 0. The second-order valence-electron chi connectivity index (χ2n) is 6.71. The average Bonchev–Trinajstić information content (AvgIpc) is 2.46. The fourth-order valence-electron chi connectivity index (χ4n) is 3.52. The summed E-state index contributed by atoms with van der Waals surface area (Å²) in [5.74, 6) is 0. The molecule has 116 valence electrons. The largest absolute Gasteiger partial charge is 0.394 e. The molecule has 1 aromatic carbocycles. The van der Waals surface area contributed by atoms with E-state index >= 15 is 0 Å². The maximum absolute atomic E-state index is 9.43. The standard InChI is InChI=1S/C17H25NO3/c1-17(2)12-18(9-15(10-19)21-17)8-13-4-3-5-14-11-20-7-6-16(13)14/h3-5,15,19H,6-12H2,1-2H3. The molecule has 0 amide bonds. The fourth-order valence-corrected chi connectivity index (χ4v) is 3.52. The molecular weight excluding hydrogens is 266 g/mol. The lowest BCUT2D eigenvalue weighted by Gasteiger charge is -2.42. The second-order valence-corrected chi connectivity index (χ2v) is 6.71. The van der Waals surface area contributed by atoms with Gasteiger partial charge in [-0.3, -0.25) is 4.90 Å². The molecular formula is C17H25NO3. The Morgan fingerprint density at radius 3 is 3.05 bits per heavy atom. The van der Waals surface area contributed by atoms with Crippen LogP contribution < -0.4 is 0 Å². The van der Waals surface area contributed by atoms with Crippen LogP contribution in [0.15, 0.2) is 18.2 Å². The summed E-state index contributed by atoms with van der Waals surface area (Å²) < 4.78 is 11.4. The van der Waals surface area contributed by atoms with Crippen LogP contribution in [0.5, 0.6) is 0 Å². The molecule has 0 aromatic heterocycles. The van der Waals surface area contributed by atoms with E-state index in [1.807, 2.05) is 0 Å². The van der Waals surface area contributed by atoms with Crippen molar-refractivity contribution in [1.29, 1.82) is 0 Å². The summed E-state index contributed by atoms with van der Waals surface area (Å²) in [5.41, 5.74) is 3.97. The number of nitrogens with zero attached hydrogens (tertiary/aromatic N) is 1. The van der Waals surface area contributed by atoms with E-state index in [2.05, 4.69) is 36.9 Å². The zero-order valence-electron chi connectivity index (χ0n) is 13.0. The van der Waals surface area contributed by atoms with Gasteiger partial charge in [-0.15, -0.1) is 0 Å². The summed E-state index contributed by atoms with van der Waals surface area (Å²) in [6.07, 6.45) is 0.916. The molecule has 2 aliphatic rings. The van der Waals surface area contributed by atoms with Crippen LogP contribution in [0.3, 0.4) is 0 Å². The number of ether oxygens (including phenoxy) is 2. The molecule has 4 heteroatoms. The second kappa shape index (κ2) is 6.05. The number of fused-ring (bicyclic) bond motifs is 1. The molecule has 2 heterocycles. The van der Waals surface area contributed by atoms with Gasteiger partial charge in [-0.25, -0.2) is 0 Å². The third-order valence-corrected chi connectivity index (χ3v) is 4.27. The minimum Gasteiger partial charge on any atom is -0.394 e. The third kappa shape index (κ3) is 3.46. The smallest absolute Gasteiger partial charge is 0.0940 e. The summed E-state index contributed by atoms with van der Waals surface area (Å²) in [6.45, 7) is 8.43. The minimum absolute atomic E-state index is 0.0840. The van der Waals surface area contributed by atoms with Gasteiger partial charge in [-0.2, -0.15) is 0 Å². The Morgan fingerprint density at radius 1 is 1.38 bits per heavy atom. The Morgan fingerprint density at radius 2 is 2.24 bits per heavy atom. The molecule has 1 unspecified atom stereocenters. The number of hydrogen-bond acceptors (Lipinski definition) is 4. The van der Waals surface area contributed by atoms with Crippen molar-refractivity contribution in [1.82, 2.24) is 4.90 Å². The van der Waals surface area contributed by atoms with E-state index in [0.29, 0.717) is 0 Å². The van der Waals surface area contributed by atoms with Gasteiger partial charge in [0.25, 0.3) is 0 Å². The van der Waals surface area contributed by atoms with E-state index in [1.54, 1.807) is 0 Å². The van der Waals surface area contributed by atoms with Gasteiger partial charge in [0.1, 0.15) is 0 Å². The van der Waals surface area contributed by atoms with Gasteiger partial charge in [0.15, 0.2) is 0 Å². The lowest BCUT2D eigenvalue weighted by molar-refractivity contribution is -0.150. The zero-order valence-corrected chi connectivity index (χ0v) is 13.0. The number of rotatable bonds is 3. The van der Waals surface area contributed by atoms with Crippen LogP contribution in [0.25, 0.3) is 0 Å². The van der Waals surface area contributed by atoms with Gasteiger partial charge >= 0.3 is 0 Å². The van der Waals surface area contributed by atoms with Crippen molar-refractivity contribution in [3.63, 3.8) is 0 Å². The molecule has 1 aromatic rings. The highest BCUT2D eigenvalue weighted by molar-refractivity contribution is 5.36. The molecule has 0 aliphatic carbocycles. The van der Waals surface area contributed by atoms with Crippen molar-refractivity contribution in [2.24, 2.45) is 0 Å². The first kappa shape index (κ1) is 15.0. The van der Waals surface area contributed by atoms with E-state index in [4.69, 9.17) is 9.47 Å². The highest BCUT2D eigenvalue weighted by atomic mass is 16.5. The van der Waals surface area contributed by atoms with Crippen molar-refractivity contribution in [3.8, 4) is 0 Å². The van der Waals surface area contributed by atoms with E-state index < -0.39 is 0 Å². The van der Waals surface area contributed by atoms with Gasteiger partial charge < -0.3 is 14.6 Å². The fraction of sp³-hybridized carbons (Fsp3) is 0.647. The number of morpholine rings is 1. The maximum atomic E-state index is 9.43. The third-order valence-electron chi connectivity index (χ3n) is 4.27. The van der Waals surface area contributed by atoms with Crippen LogP contribution in [0.2, 0.25) is 0 Å². The molecule has 2 aliphatic heterocycles. The van der Waals surface area contributed by atoms with Gasteiger partial charge in [0, 0.05) is 19.6 Å². The Balaban J connectivity index is 1.77. The summed E-state index contributed by atoms with van der Waals surface area (Å²) in [5, 5.41) is 9.43. The Hall–Kier alpha value is -0.940. The van der Waals surface area contributed by atoms with Crippen LogP contribution in [-0.4, -0.2) is 48.0 Å². The highest BCUT2D eigenvalue weighted by Crippen LogP contribution is 2.26. The number of aliphatic hydroxyl groups excluding tert-OH is 1. The summed E-state index contributed by atoms with van der Waals surface area (Å²) in [6, 6.07) is 6.51. The Bertz CT molecular complexity index is 501. The van der Waals surface area contributed by atoms with Gasteiger partial charge in [-0.05, 0) is 37.0 Å². The zero-order chi connectivity index (χ0) is 14.9. The molecule has 0 radical (unpaired) electrons. The summed E-state index contributed by atoms with van der Waals surface area (Å²) in [7, 11) is 0. The van der Waals surface area contributed by atoms with Crippen LogP contribution in [0.1, 0.15) is 30.5 Å². The van der Waals surface area contributed by atoms with Crippen LogP contribution in [0, 0.1) is 0 Å². The minimum atomic E-state index is -0.205. The monoisotopic (exact) mass is 291 g/mol. The number of benzene rings is 1. The summed E-state index contributed by atoms with van der Waals surface area (Å²) in [4.78, 5) is 2.40. The molecule has 0 saturated carbocycles. The van der Waals surface area contributed by atoms with Crippen molar-refractivity contribution >= 4 is 0 Å². The average molecular weight is 291 g/mol. The lowest BCUT2D eigenvalue weighted by atomic mass is 9.96. The van der Waals surface area contributed by atoms with Gasteiger partial charge in [0.2, 0.25) is 0 Å². The first-order chi connectivity index (χ1) is 10.1. The van der Waals surface area contributed by atoms with E-state index in [-0.39, 0.29) is 18.3 Å². The molecule has 0 bridgehead atoms. The maximum Gasteiger partial charge on any atom is 0.0940 e. The van der Waals surface area contributed by atoms with Gasteiger partial charge in [0.05, 0.1) is 31.5 Å². The van der Waals surface area contributed by atoms with Crippen molar-refractivity contribution in [2.75, 3.05) is 26.3 Å². The Kier molecular flexibility index (Phi) is 4.31. The van der Waals surface area contributed by atoms with Crippen LogP contribution in [0.4, 0.5) is 0 Å². The first-order valence-electron chi connectivity index (χ1n) is 7.76. The quantitative estimate of drug-likeness (QED) is 0.921. The topological polar surface area (TPSA) is 41.9 Å². The van der Waals surface area contributed by atoms with Crippen molar-refractivity contribution < 1.29 is 14.6 Å². The van der Waals surface area contributed by atoms with E-state index in [0.717, 1.165) is 39.3 Å². The molecule has 1 N–H and O–H groups in total. The van der Waals surface area contributed by atoms with Crippen LogP contribution in [-0.2, 0) is 29.0 Å². The van der Waals surface area contributed by atoms with Crippen LogP contribution >= 0.6 is 0 Å². The van der Waals surface area contributed by atoms with E-state index in [9.17, 15) is 5.11 Å². The molecule has 4 nitrogen and oxygen atoms in total. The van der Waals surface area contributed by atoms with Gasteiger partial charge in [-0.1, -0.05) is 18.2 Å². The predicted octanol–water partition coefficient (Wildman–Crippen LogP) is 1.73. The molecule has 0 spiro atoms. The lowest BCUT2D eigenvalue weighted by Crippen LogP contribution is -2.53. The van der Waals surface area contributed by atoms with Crippen molar-refractivity contribution in [2.45, 2.75) is 45.1 Å². The first-order valence-corrected chi connectivity index (χ1v) is 7.76. The molecule has 1 atom stereocenters. The molecule has 1 saturated heterocycles. The van der Waals surface area contributed by atoms with E-state index in [1.165, 1.54) is 16.7 Å². The molecule has 3 rings (SSSR count). The predicted molar refractivity (Wildman–Crippen MR) is 81.1 cm³/mol. The van der Waals surface area contributed by atoms with Crippen molar-refractivity contribution in [3.05, 3.63) is 34.9 Å². The molecule has 21 heavy (non-hydrogen) atoms. The normalized spacial score (nSPS) is 25.6. The number of hydrogen-bond donors (Lipinski definition) is 1.